The van der Waals surface area contributed by atoms with E-state index in [4.69, 9.17) is 0 Å². The molecule has 1 aromatic rings. The van der Waals surface area contributed by atoms with Crippen LogP contribution in [-0.4, -0.2) is 46.1 Å². The Morgan fingerprint density at radius 2 is 2.00 bits per heavy atom. The normalized spacial score (nSPS) is 26.3. The van der Waals surface area contributed by atoms with E-state index < -0.39 is 5.60 Å². The molecular weight excluding hydrogens is 294 g/mol. The minimum atomic E-state index is -1.08. The van der Waals surface area contributed by atoms with Crippen LogP contribution in [0.15, 0.2) is 30.3 Å². The van der Waals surface area contributed by atoms with E-state index in [2.05, 4.69) is 30.3 Å². The average Bonchev–Trinajstić information content (AvgIpc) is 3.02. The van der Waals surface area contributed by atoms with Gasteiger partial charge in [-0.2, -0.15) is 11.8 Å². The van der Waals surface area contributed by atoms with Crippen molar-refractivity contribution >= 4 is 17.7 Å². The zero-order chi connectivity index (χ0) is 15.4. The van der Waals surface area contributed by atoms with Crippen molar-refractivity contribution in [1.82, 2.24) is 4.90 Å². The second kappa shape index (κ2) is 7.05. The lowest BCUT2D eigenvalue weighted by molar-refractivity contribution is -0.150. The highest BCUT2D eigenvalue weighted by molar-refractivity contribution is 7.99. The quantitative estimate of drug-likeness (QED) is 0.928. The van der Waals surface area contributed by atoms with E-state index in [0.29, 0.717) is 18.1 Å². The third kappa shape index (κ3) is 3.66. The molecule has 3 rings (SSSR count). The summed E-state index contributed by atoms with van der Waals surface area (Å²) < 4.78 is 0. The minimum absolute atomic E-state index is 0.0287. The van der Waals surface area contributed by atoms with Crippen LogP contribution in [0.1, 0.15) is 31.2 Å². The third-order valence-corrected chi connectivity index (χ3v) is 6.16. The van der Waals surface area contributed by atoms with Gasteiger partial charge < -0.3 is 10.0 Å². The molecule has 2 fully saturated rings. The molecule has 2 saturated heterocycles. The van der Waals surface area contributed by atoms with E-state index in [1.165, 1.54) is 12.0 Å². The molecule has 1 amide bonds. The van der Waals surface area contributed by atoms with Crippen LogP contribution in [0.25, 0.3) is 0 Å². The first-order chi connectivity index (χ1) is 10.7. The van der Waals surface area contributed by atoms with Crippen molar-refractivity contribution in [2.75, 3.05) is 24.6 Å². The number of rotatable bonds is 4. The number of amides is 1. The van der Waals surface area contributed by atoms with Gasteiger partial charge in [-0.25, -0.2) is 0 Å². The Morgan fingerprint density at radius 1 is 1.27 bits per heavy atom. The molecule has 0 aromatic heterocycles. The van der Waals surface area contributed by atoms with Crippen LogP contribution in [-0.2, 0) is 11.2 Å². The van der Waals surface area contributed by atoms with Crippen molar-refractivity contribution < 1.29 is 9.90 Å². The Kier molecular flexibility index (Phi) is 5.09. The van der Waals surface area contributed by atoms with Gasteiger partial charge in [0.15, 0.2) is 5.60 Å². The lowest BCUT2D eigenvalue weighted by Crippen LogP contribution is -2.51. The third-order valence-electron chi connectivity index (χ3n) is 4.98. The Balaban J connectivity index is 1.45. The lowest BCUT2D eigenvalue weighted by atomic mass is 9.89. The molecule has 0 bridgehead atoms. The van der Waals surface area contributed by atoms with Crippen molar-refractivity contribution in [2.24, 2.45) is 5.92 Å². The van der Waals surface area contributed by atoms with Crippen molar-refractivity contribution in [3.63, 3.8) is 0 Å². The van der Waals surface area contributed by atoms with Crippen molar-refractivity contribution in [2.45, 2.75) is 37.7 Å². The van der Waals surface area contributed by atoms with Gasteiger partial charge in [0.1, 0.15) is 0 Å². The number of aryl methyl sites for hydroxylation is 1. The first-order valence-electron chi connectivity index (χ1n) is 8.31. The smallest absolute Gasteiger partial charge is 0.255 e. The Labute approximate surface area is 137 Å². The van der Waals surface area contributed by atoms with Gasteiger partial charge in [0.25, 0.3) is 5.91 Å². The number of piperidine rings is 1. The molecule has 2 heterocycles. The van der Waals surface area contributed by atoms with E-state index in [-0.39, 0.29) is 5.91 Å². The van der Waals surface area contributed by atoms with E-state index in [9.17, 15) is 9.90 Å². The van der Waals surface area contributed by atoms with Gasteiger partial charge in [0.2, 0.25) is 0 Å². The topological polar surface area (TPSA) is 40.5 Å². The fourth-order valence-electron chi connectivity index (χ4n) is 3.46. The Morgan fingerprint density at radius 3 is 2.64 bits per heavy atom. The first kappa shape index (κ1) is 15.9. The highest BCUT2D eigenvalue weighted by Crippen LogP contribution is 2.31. The molecule has 1 unspecified atom stereocenters. The summed E-state index contributed by atoms with van der Waals surface area (Å²) in [4.78, 5) is 14.4. The Hall–Kier alpha value is -1.00. The van der Waals surface area contributed by atoms with Crippen LogP contribution in [0.4, 0.5) is 0 Å². The highest BCUT2D eigenvalue weighted by Gasteiger charge is 2.42. The van der Waals surface area contributed by atoms with Crippen molar-refractivity contribution in [1.29, 1.82) is 0 Å². The van der Waals surface area contributed by atoms with Crippen LogP contribution < -0.4 is 0 Å². The molecule has 3 nitrogen and oxygen atoms in total. The van der Waals surface area contributed by atoms with Gasteiger partial charge in [-0.1, -0.05) is 30.3 Å². The van der Waals surface area contributed by atoms with Gasteiger partial charge in [-0.3, -0.25) is 4.79 Å². The summed E-state index contributed by atoms with van der Waals surface area (Å²) in [7, 11) is 0. The zero-order valence-electron chi connectivity index (χ0n) is 13.0. The summed E-state index contributed by atoms with van der Waals surface area (Å²) in [6, 6.07) is 10.6. The van der Waals surface area contributed by atoms with Crippen LogP contribution in [0, 0.1) is 5.92 Å². The maximum Gasteiger partial charge on any atom is 0.255 e. The second-order valence-corrected chi connectivity index (χ2v) is 7.70. The van der Waals surface area contributed by atoms with Gasteiger partial charge in [-0.05, 0) is 49.3 Å². The molecule has 2 aliphatic rings. The predicted octanol–water partition coefficient (Wildman–Crippen LogP) is 2.73. The van der Waals surface area contributed by atoms with E-state index in [1.54, 1.807) is 11.8 Å². The van der Waals surface area contributed by atoms with Crippen LogP contribution in [0.2, 0.25) is 0 Å². The average molecular weight is 319 g/mol. The lowest BCUT2D eigenvalue weighted by Gasteiger charge is -2.36. The van der Waals surface area contributed by atoms with Gasteiger partial charge in [0, 0.05) is 18.8 Å². The van der Waals surface area contributed by atoms with Crippen LogP contribution in [0.3, 0.4) is 0 Å². The molecule has 22 heavy (non-hydrogen) atoms. The van der Waals surface area contributed by atoms with E-state index in [0.717, 1.165) is 38.1 Å². The number of carbonyl (C=O) groups is 1. The molecule has 1 aromatic carbocycles. The maximum atomic E-state index is 12.5. The SMILES string of the molecule is O=C(N1CCC(CCc2ccccc2)CC1)C1(O)CCSC1. The molecule has 0 radical (unpaired) electrons. The number of nitrogens with zero attached hydrogens (tertiary/aromatic N) is 1. The van der Waals surface area contributed by atoms with Gasteiger partial charge in [-0.15, -0.1) is 0 Å². The predicted molar refractivity (Wildman–Crippen MR) is 91.0 cm³/mol. The number of thioether (sulfide) groups is 1. The largest absolute Gasteiger partial charge is 0.379 e. The molecule has 1 N–H and O–H groups in total. The number of aliphatic hydroxyl groups is 1. The molecule has 120 valence electrons. The standard InChI is InChI=1S/C18H25NO2S/c20-17(18(21)10-13-22-14-18)19-11-8-16(9-12-19)7-6-15-4-2-1-3-5-15/h1-5,16,21H,6-14H2. The second-order valence-electron chi connectivity index (χ2n) is 6.59. The molecule has 0 spiro atoms. The zero-order valence-corrected chi connectivity index (χ0v) is 13.9. The molecule has 4 heteroatoms. The number of hydrogen-bond donors (Lipinski definition) is 1. The molecule has 2 aliphatic heterocycles. The Bertz CT molecular complexity index is 491. The van der Waals surface area contributed by atoms with Gasteiger partial charge in [0.05, 0.1) is 0 Å². The van der Waals surface area contributed by atoms with Gasteiger partial charge >= 0.3 is 0 Å². The number of carbonyl (C=O) groups excluding carboxylic acids is 1. The van der Waals surface area contributed by atoms with Crippen LogP contribution in [0.5, 0.6) is 0 Å². The fraction of sp³-hybridized carbons (Fsp3) is 0.611. The molecule has 0 saturated carbocycles. The molecule has 0 aliphatic carbocycles. The summed E-state index contributed by atoms with van der Waals surface area (Å²) in [5.74, 6) is 2.14. The monoisotopic (exact) mass is 319 g/mol. The summed E-state index contributed by atoms with van der Waals surface area (Å²) in [6.45, 7) is 1.62. The minimum Gasteiger partial charge on any atom is -0.379 e. The van der Waals surface area contributed by atoms with E-state index in [1.807, 2.05) is 4.90 Å². The van der Waals surface area contributed by atoms with Crippen molar-refractivity contribution in [3.05, 3.63) is 35.9 Å². The number of likely N-dealkylation sites (tertiary alicyclic amines) is 1. The molecular formula is C18H25NO2S. The maximum absolute atomic E-state index is 12.5. The number of hydrogen-bond acceptors (Lipinski definition) is 3. The summed E-state index contributed by atoms with van der Waals surface area (Å²) >= 11 is 1.68. The van der Waals surface area contributed by atoms with Crippen molar-refractivity contribution in [3.8, 4) is 0 Å². The molecule has 1 atom stereocenters. The number of benzene rings is 1. The summed E-state index contributed by atoms with van der Waals surface area (Å²) in [5.41, 5.74) is 0.319. The summed E-state index contributed by atoms with van der Waals surface area (Å²) in [6.07, 6.45) is 5.08. The first-order valence-corrected chi connectivity index (χ1v) is 9.46. The highest BCUT2D eigenvalue weighted by atomic mass is 32.2. The summed E-state index contributed by atoms with van der Waals surface area (Å²) in [5, 5.41) is 10.4. The van der Waals surface area contributed by atoms with E-state index >= 15 is 0 Å². The fourth-order valence-corrected chi connectivity index (χ4v) is 4.69. The van der Waals surface area contributed by atoms with Crippen LogP contribution >= 0.6 is 11.8 Å².